The van der Waals surface area contributed by atoms with Crippen molar-refractivity contribution in [3.63, 3.8) is 0 Å². The zero-order valence-electron chi connectivity index (χ0n) is 9.51. The molecule has 0 fully saturated rings. The van der Waals surface area contributed by atoms with Crippen molar-refractivity contribution in [3.05, 3.63) is 52.6 Å². The van der Waals surface area contributed by atoms with Crippen LogP contribution in [0.25, 0.3) is 0 Å². The highest BCUT2D eigenvalue weighted by atomic mass is 35.5. The van der Waals surface area contributed by atoms with Crippen LogP contribution in [0.1, 0.15) is 5.56 Å². The molecule has 0 aliphatic rings. The summed E-state index contributed by atoms with van der Waals surface area (Å²) in [6.07, 6.45) is 0. The van der Waals surface area contributed by atoms with Crippen molar-refractivity contribution in [1.82, 2.24) is 0 Å². The van der Waals surface area contributed by atoms with Crippen molar-refractivity contribution in [2.24, 2.45) is 0 Å². The van der Waals surface area contributed by atoms with E-state index in [1.54, 1.807) is 13.0 Å². The Bertz CT molecular complexity index is 602. The second-order valence-electron chi connectivity index (χ2n) is 3.84. The Hall–Kier alpha value is -1.81. The molecule has 18 heavy (non-hydrogen) atoms. The van der Waals surface area contributed by atoms with E-state index in [1.807, 2.05) is 0 Å². The van der Waals surface area contributed by atoms with Crippen LogP contribution >= 0.6 is 11.6 Å². The maximum atomic E-state index is 13.5. The van der Waals surface area contributed by atoms with E-state index >= 15 is 0 Å². The van der Waals surface area contributed by atoms with Gasteiger partial charge in [0, 0.05) is 6.07 Å². The molecule has 0 aromatic heterocycles. The summed E-state index contributed by atoms with van der Waals surface area (Å²) in [6, 6.07) is 6.63. The molecular formula is C13H10ClF2NO. The normalized spacial score (nSPS) is 10.4. The van der Waals surface area contributed by atoms with Gasteiger partial charge in [0.2, 0.25) is 0 Å². The summed E-state index contributed by atoms with van der Waals surface area (Å²) < 4.78 is 32.0. The van der Waals surface area contributed by atoms with Crippen LogP contribution in [0.5, 0.6) is 11.5 Å². The summed E-state index contributed by atoms with van der Waals surface area (Å²) in [5.74, 6) is -1.20. The number of halogens is 3. The maximum absolute atomic E-state index is 13.5. The molecule has 2 aromatic carbocycles. The predicted octanol–water partition coefficient (Wildman–Crippen LogP) is 4.30. The fourth-order valence-electron chi connectivity index (χ4n) is 1.44. The predicted molar refractivity (Wildman–Crippen MR) is 67.0 cm³/mol. The number of nitrogen functional groups attached to an aromatic ring is 1. The van der Waals surface area contributed by atoms with Gasteiger partial charge in [-0.15, -0.1) is 0 Å². The number of rotatable bonds is 2. The molecule has 2 N–H and O–H groups in total. The van der Waals surface area contributed by atoms with E-state index in [2.05, 4.69) is 0 Å². The Morgan fingerprint density at radius 3 is 2.50 bits per heavy atom. The lowest BCUT2D eigenvalue weighted by Crippen LogP contribution is -1.95. The second-order valence-corrected chi connectivity index (χ2v) is 4.25. The molecule has 0 atom stereocenters. The van der Waals surface area contributed by atoms with Gasteiger partial charge in [-0.3, -0.25) is 0 Å². The summed E-state index contributed by atoms with van der Waals surface area (Å²) in [4.78, 5) is 0. The highest BCUT2D eigenvalue weighted by Gasteiger charge is 2.11. The molecule has 5 heteroatoms. The number of hydrogen-bond donors (Lipinski definition) is 1. The van der Waals surface area contributed by atoms with Crippen LogP contribution in [0.2, 0.25) is 5.02 Å². The van der Waals surface area contributed by atoms with Gasteiger partial charge in [-0.2, -0.15) is 0 Å². The van der Waals surface area contributed by atoms with Crippen molar-refractivity contribution >= 4 is 17.3 Å². The quantitative estimate of drug-likeness (QED) is 0.825. The molecule has 0 heterocycles. The third kappa shape index (κ3) is 2.54. The van der Waals surface area contributed by atoms with E-state index in [0.717, 1.165) is 11.6 Å². The number of anilines is 1. The van der Waals surface area contributed by atoms with Crippen molar-refractivity contribution in [1.29, 1.82) is 0 Å². The Balaban J connectivity index is 2.40. The van der Waals surface area contributed by atoms with E-state index in [9.17, 15) is 8.78 Å². The van der Waals surface area contributed by atoms with Crippen molar-refractivity contribution < 1.29 is 13.5 Å². The van der Waals surface area contributed by atoms with Gasteiger partial charge in [0.05, 0.1) is 10.7 Å². The number of ether oxygens (including phenoxy) is 1. The molecule has 0 amide bonds. The van der Waals surface area contributed by atoms with E-state index in [1.165, 1.54) is 18.2 Å². The minimum absolute atomic E-state index is 0.0107. The lowest BCUT2D eigenvalue weighted by molar-refractivity contribution is 0.440. The average molecular weight is 270 g/mol. The van der Waals surface area contributed by atoms with E-state index in [-0.39, 0.29) is 22.2 Å². The van der Waals surface area contributed by atoms with Crippen molar-refractivity contribution in [3.8, 4) is 11.5 Å². The molecule has 2 nitrogen and oxygen atoms in total. The van der Waals surface area contributed by atoms with Gasteiger partial charge in [-0.25, -0.2) is 8.78 Å². The Labute approximate surface area is 108 Å². The number of benzene rings is 2. The van der Waals surface area contributed by atoms with Gasteiger partial charge in [0.1, 0.15) is 5.82 Å². The minimum Gasteiger partial charge on any atom is -0.452 e. The largest absolute Gasteiger partial charge is 0.452 e. The van der Waals surface area contributed by atoms with Gasteiger partial charge < -0.3 is 10.5 Å². The summed E-state index contributed by atoms with van der Waals surface area (Å²) >= 11 is 5.56. The third-order valence-corrected chi connectivity index (χ3v) is 2.65. The van der Waals surface area contributed by atoms with Gasteiger partial charge in [-0.1, -0.05) is 17.7 Å². The topological polar surface area (TPSA) is 35.2 Å². The van der Waals surface area contributed by atoms with Crippen LogP contribution in [0.4, 0.5) is 14.5 Å². The molecule has 94 valence electrons. The van der Waals surface area contributed by atoms with E-state index < -0.39 is 11.6 Å². The first-order chi connectivity index (χ1) is 8.47. The standard InChI is InChI=1S/C13H10ClF2NO/c1-7-2-3-9(15)12(4-7)18-13-6-10(16)8(14)5-11(13)17/h2-6H,17H2,1H3. The fraction of sp³-hybridized carbons (Fsp3) is 0.0769. The van der Waals surface area contributed by atoms with Crippen molar-refractivity contribution in [2.45, 2.75) is 6.92 Å². The van der Waals surface area contributed by atoms with Crippen LogP contribution in [-0.4, -0.2) is 0 Å². The molecule has 2 aromatic rings. The first kappa shape index (κ1) is 12.6. The smallest absolute Gasteiger partial charge is 0.165 e. The zero-order valence-corrected chi connectivity index (χ0v) is 10.3. The summed E-state index contributed by atoms with van der Waals surface area (Å²) in [7, 11) is 0. The molecule has 0 spiro atoms. The molecule has 0 aliphatic carbocycles. The second kappa shape index (κ2) is 4.82. The van der Waals surface area contributed by atoms with Crippen LogP contribution in [0.15, 0.2) is 30.3 Å². The molecule has 0 unspecified atom stereocenters. The SMILES string of the molecule is Cc1ccc(F)c(Oc2cc(F)c(Cl)cc2N)c1. The number of hydrogen-bond acceptors (Lipinski definition) is 2. The highest BCUT2D eigenvalue weighted by molar-refractivity contribution is 6.31. The monoisotopic (exact) mass is 269 g/mol. The van der Waals surface area contributed by atoms with E-state index in [4.69, 9.17) is 22.1 Å². The van der Waals surface area contributed by atoms with Crippen LogP contribution in [0.3, 0.4) is 0 Å². The summed E-state index contributed by atoms with van der Waals surface area (Å²) in [6.45, 7) is 1.79. The van der Waals surface area contributed by atoms with Gasteiger partial charge in [0.25, 0.3) is 0 Å². The van der Waals surface area contributed by atoms with Gasteiger partial charge >= 0.3 is 0 Å². The number of nitrogens with two attached hydrogens (primary N) is 1. The van der Waals surface area contributed by atoms with Gasteiger partial charge in [0.15, 0.2) is 17.3 Å². The van der Waals surface area contributed by atoms with Crippen molar-refractivity contribution in [2.75, 3.05) is 5.73 Å². The molecule has 0 saturated heterocycles. The maximum Gasteiger partial charge on any atom is 0.165 e. The van der Waals surface area contributed by atoms with Crippen LogP contribution < -0.4 is 10.5 Å². The lowest BCUT2D eigenvalue weighted by atomic mass is 10.2. The zero-order chi connectivity index (χ0) is 13.3. The van der Waals surface area contributed by atoms with Crippen LogP contribution in [-0.2, 0) is 0 Å². The Kier molecular flexibility index (Phi) is 3.39. The third-order valence-electron chi connectivity index (χ3n) is 2.36. The van der Waals surface area contributed by atoms with Crippen LogP contribution in [0, 0.1) is 18.6 Å². The lowest BCUT2D eigenvalue weighted by Gasteiger charge is -2.10. The molecule has 2 rings (SSSR count). The molecule has 0 saturated carbocycles. The molecule has 0 bridgehead atoms. The number of aryl methyl sites for hydroxylation is 1. The molecular weight excluding hydrogens is 260 g/mol. The average Bonchev–Trinajstić information content (AvgIpc) is 2.30. The summed E-state index contributed by atoms with van der Waals surface area (Å²) in [5, 5.41) is -0.107. The highest BCUT2D eigenvalue weighted by Crippen LogP contribution is 2.33. The Morgan fingerprint density at radius 1 is 1.06 bits per heavy atom. The Morgan fingerprint density at radius 2 is 1.78 bits per heavy atom. The summed E-state index contributed by atoms with van der Waals surface area (Å²) in [5.41, 5.74) is 6.59. The molecule has 0 aliphatic heterocycles. The molecule has 0 radical (unpaired) electrons. The van der Waals surface area contributed by atoms with E-state index in [0.29, 0.717) is 0 Å². The van der Waals surface area contributed by atoms with Gasteiger partial charge in [-0.05, 0) is 30.7 Å². The fourth-order valence-corrected chi connectivity index (χ4v) is 1.61. The minimum atomic E-state index is -0.672. The first-order valence-electron chi connectivity index (χ1n) is 5.16. The first-order valence-corrected chi connectivity index (χ1v) is 5.53.